The Kier molecular flexibility index (Phi) is 5.41. The largest absolute Gasteiger partial charge is 0.398 e. The summed E-state index contributed by atoms with van der Waals surface area (Å²) in [5.74, 6) is 0.635. The van der Waals surface area contributed by atoms with Crippen LogP contribution in [0.5, 0.6) is 0 Å². The number of nitrogens with zero attached hydrogens (tertiary/aromatic N) is 1. The molecule has 0 saturated carbocycles. The standard InChI is InChI=1S/C12H20N2O2S/c1-3-10(2)17(16)8-4-7-14-9-11(13)5-6-12(14)15/h5-6,9-10H,3-4,7-8,13H2,1-2H3. The summed E-state index contributed by atoms with van der Waals surface area (Å²) in [7, 11) is -0.797. The monoisotopic (exact) mass is 256 g/mol. The minimum absolute atomic E-state index is 0.0616. The Labute approximate surface area is 104 Å². The molecule has 0 saturated heterocycles. The van der Waals surface area contributed by atoms with E-state index < -0.39 is 10.8 Å². The Morgan fingerprint density at radius 2 is 2.18 bits per heavy atom. The molecule has 0 bridgehead atoms. The third-order valence-electron chi connectivity index (χ3n) is 2.77. The van der Waals surface area contributed by atoms with Crippen molar-refractivity contribution in [3.63, 3.8) is 0 Å². The lowest BCUT2D eigenvalue weighted by Gasteiger charge is -2.09. The highest BCUT2D eigenvalue weighted by Crippen LogP contribution is 2.03. The molecule has 1 rings (SSSR count). The van der Waals surface area contributed by atoms with Crippen molar-refractivity contribution in [1.82, 2.24) is 4.57 Å². The van der Waals surface area contributed by atoms with Crippen LogP contribution in [0.3, 0.4) is 0 Å². The average Bonchev–Trinajstić information content (AvgIpc) is 2.32. The van der Waals surface area contributed by atoms with Gasteiger partial charge in [-0.25, -0.2) is 0 Å². The van der Waals surface area contributed by atoms with E-state index in [0.29, 0.717) is 18.0 Å². The van der Waals surface area contributed by atoms with Crippen molar-refractivity contribution in [3.05, 3.63) is 28.7 Å². The number of pyridine rings is 1. The van der Waals surface area contributed by atoms with Crippen molar-refractivity contribution in [1.29, 1.82) is 0 Å². The van der Waals surface area contributed by atoms with Gasteiger partial charge in [-0.15, -0.1) is 0 Å². The Morgan fingerprint density at radius 3 is 2.82 bits per heavy atom. The molecule has 1 heterocycles. The second-order valence-corrected chi connectivity index (χ2v) is 6.13. The van der Waals surface area contributed by atoms with Crippen LogP contribution in [-0.4, -0.2) is 19.8 Å². The van der Waals surface area contributed by atoms with E-state index in [1.165, 1.54) is 6.07 Å². The summed E-state index contributed by atoms with van der Waals surface area (Å²) in [5.41, 5.74) is 6.12. The molecular formula is C12H20N2O2S. The number of nitrogen functional groups attached to an aromatic ring is 1. The summed E-state index contributed by atoms with van der Waals surface area (Å²) in [5, 5.41) is 0.229. The zero-order valence-corrected chi connectivity index (χ0v) is 11.2. The highest BCUT2D eigenvalue weighted by molar-refractivity contribution is 7.85. The van der Waals surface area contributed by atoms with E-state index in [1.54, 1.807) is 16.8 Å². The van der Waals surface area contributed by atoms with Gasteiger partial charge in [0.25, 0.3) is 5.56 Å². The van der Waals surface area contributed by atoms with E-state index in [4.69, 9.17) is 5.73 Å². The van der Waals surface area contributed by atoms with E-state index >= 15 is 0 Å². The molecule has 0 aliphatic rings. The Bertz CT molecular complexity index is 442. The summed E-state index contributed by atoms with van der Waals surface area (Å²) in [6.07, 6.45) is 3.29. The van der Waals surface area contributed by atoms with E-state index in [0.717, 1.165) is 12.8 Å². The number of anilines is 1. The minimum atomic E-state index is -0.797. The first-order chi connectivity index (χ1) is 8.04. The molecule has 0 aliphatic carbocycles. The second-order valence-electron chi connectivity index (χ2n) is 4.15. The van der Waals surface area contributed by atoms with Crippen molar-refractivity contribution in [2.24, 2.45) is 0 Å². The normalized spacial score (nSPS) is 14.5. The van der Waals surface area contributed by atoms with E-state index in [9.17, 15) is 9.00 Å². The molecule has 0 aromatic carbocycles. The van der Waals surface area contributed by atoms with Crippen LogP contribution in [0.25, 0.3) is 0 Å². The van der Waals surface area contributed by atoms with E-state index in [-0.39, 0.29) is 10.8 Å². The van der Waals surface area contributed by atoms with Crippen LogP contribution in [-0.2, 0) is 17.3 Å². The molecule has 2 N–H and O–H groups in total. The summed E-state index contributed by atoms with van der Waals surface area (Å²) >= 11 is 0. The van der Waals surface area contributed by atoms with Crippen molar-refractivity contribution < 1.29 is 4.21 Å². The van der Waals surface area contributed by atoms with Gasteiger partial charge in [0.15, 0.2) is 0 Å². The quantitative estimate of drug-likeness (QED) is 0.836. The van der Waals surface area contributed by atoms with Gasteiger partial charge in [-0.3, -0.25) is 9.00 Å². The van der Waals surface area contributed by atoms with Gasteiger partial charge in [0.05, 0.1) is 0 Å². The number of rotatable bonds is 6. The molecule has 0 aliphatic heterocycles. The first kappa shape index (κ1) is 14.0. The molecule has 0 spiro atoms. The van der Waals surface area contributed by atoms with Crippen LogP contribution < -0.4 is 11.3 Å². The average molecular weight is 256 g/mol. The van der Waals surface area contributed by atoms with Crippen LogP contribution >= 0.6 is 0 Å². The Morgan fingerprint density at radius 1 is 1.47 bits per heavy atom. The molecule has 0 radical (unpaired) electrons. The van der Waals surface area contributed by atoms with Gasteiger partial charge >= 0.3 is 0 Å². The Balaban J connectivity index is 2.49. The van der Waals surface area contributed by atoms with Crippen molar-refractivity contribution in [3.8, 4) is 0 Å². The third kappa shape index (κ3) is 4.34. The molecule has 1 aromatic heterocycles. The highest BCUT2D eigenvalue weighted by Gasteiger charge is 2.08. The van der Waals surface area contributed by atoms with Crippen LogP contribution in [0.15, 0.2) is 23.1 Å². The smallest absolute Gasteiger partial charge is 0.250 e. The molecule has 2 unspecified atom stereocenters. The zero-order chi connectivity index (χ0) is 12.8. The maximum atomic E-state index is 11.7. The van der Waals surface area contributed by atoms with Crippen molar-refractivity contribution in [2.45, 2.75) is 38.5 Å². The van der Waals surface area contributed by atoms with Crippen molar-refractivity contribution >= 4 is 16.5 Å². The predicted octanol–water partition coefficient (Wildman–Crippen LogP) is 1.37. The van der Waals surface area contributed by atoms with Crippen molar-refractivity contribution in [2.75, 3.05) is 11.5 Å². The minimum Gasteiger partial charge on any atom is -0.398 e. The summed E-state index contributed by atoms with van der Waals surface area (Å²) in [4.78, 5) is 11.5. The van der Waals surface area contributed by atoms with E-state index in [1.807, 2.05) is 13.8 Å². The lowest BCUT2D eigenvalue weighted by Crippen LogP contribution is -2.21. The molecule has 17 heavy (non-hydrogen) atoms. The van der Waals surface area contributed by atoms with Gasteiger partial charge < -0.3 is 10.3 Å². The van der Waals surface area contributed by atoms with Gasteiger partial charge in [-0.05, 0) is 18.9 Å². The molecule has 2 atom stereocenters. The first-order valence-electron chi connectivity index (χ1n) is 5.87. The maximum Gasteiger partial charge on any atom is 0.250 e. The SMILES string of the molecule is CCC(C)S(=O)CCCn1cc(N)ccc1=O. The fourth-order valence-electron chi connectivity index (χ4n) is 1.49. The fraction of sp³-hybridized carbons (Fsp3) is 0.583. The number of hydrogen-bond acceptors (Lipinski definition) is 3. The van der Waals surface area contributed by atoms with Crippen LogP contribution in [0.2, 0.25) is 0 Å². The molecule has 5 heteroatoms. The predicted molar refractivity (Wildman–Crippen MR) is 72.5 cm³/mol. The van der Waals surface area contributed by atoms with Gasteiger partial charge in [0.1, 0.15) is 0 Å². The van der Waals surface area contributed by atoms with E-state index in [2.05, 4.69) is 0 Å². The number of aromatic nitrogens is 1. The lowest BCUT2D eigenvalue weighted by atomic mass is 10.4. The summed E-state index contributed by atoms with van der Waals surface area (Å²) in [6.45, 7) is 4.60. The molecule has 0 fully saturated rings. The topological polar surface area (TPSA) is 65.1 Å². The number of hydrogen-bond donors (Lipinski definition) is 1. The first-order valence-corrected chi connectivity index (χ1v) is 7.26. The third-order valence-corrected chi connectivity index (χ3v) is 4.70. The van der Waals surface area contributed by atoms with Crippen LogP contribution in [0.4, 0.5) is 5.69 Å². The highest BCUT2D eigenvalue weighted by atomic mass is 32.2. The van der Waals surface area contributed by atoms with Crippen LogP contribution in [0.1, 0.15) is 26.7 Å². The molecule has 0 amide bonds. The number of aryl methyl sites for hydroxylation is 1. The molecule has 96 valence electrons. The Hall–Kier alpha value is -1.10. The summed E-state index contributed by atoms with van der Waals surface area (Å²) < 4.78 is 13.3. The number of nitrogens with two attached hydrogens (primary N) is 1. The van der Waals surface area contributed by atoms with Crippen LogP contribution in [0, 0.1) is 0 Å². The maximum absolute atomic E-state index is 11.7. The lowest BCUT2D eigenvalue weighted by molar-refractivity contribution is 0.638. The molecule has 4 nitrogen and oxygen atoms in total. The second kappa shape index (κ2) is 6.59. The molecular weight excluding hydrogens is 236 g/mol. The van der Waals surface area contributed by atoms with Gasteiger partial charge in [0.2, 0.25) is 0 Å². The van der Waals surface area contributed by atoms with Gasteiger partial charge in [-0.2, -0.15) is 0 Å². The van der Waals surface area contributed by atoms with Gasteiger partial charge in [0, 0.05) is 46.3 Å². The van der Waals surface area contributed by atoms with Gasteiger partial charge in [-0.1, -0.05) is 13.8 Å². The molecule has 1 aromatic rings. The summed E-state index contributed by atoms with van der Waals surface area (Å²) in [6, 6.07) is 3.05. The fourth-order valence-corrected chi connectivity index (χ4v) is 2.68. The zero-order valence-electron chi connectivity index (χ0n) is 10.4.